The number of carbonyl (C=O) groups excluding carboxylic acids is 1. The molecule has 1 N–H and O–H groups in total. The Morgan fingerprint density at radius 2 is 2.00 bits per heavy atom. The van der Waals surface area contributed by atoms with Crippen LogP contribution in [0.5, 0.6) is 0 Å². The molecule has 0 aromatic carbocycles. The summed E-state index contributed by atoms with van der Waals surface area (Å²) in [6.07, 6.45) is 0. The summed E-state index contributed by atoms with van der Waals surface area (Å²) in [5.41, 5.74) is 0. The third-order valence-corrected chi connectivity index (χ3v) is 1.58. The van der Waals surface area contributed by atoms with Crippen molar-refractivity contribution in [2.75, 3.05) is 13.1 Å². The average Bonchev–Trinajstić information content (AvgIpc) is 1.56. The van der Waals surface area contributed by atoms with Gasteiger partial charge >= 0.3 is 5.97 Å². The Morgan fingerprint density at radius 1 is 1.50 bits per heavy atom. The highest BCUT2D eigenvalue weighted by Gasteiger charge is 2.33. The molecule has 1 aliphatic heterocycles. The Balaban J connectivity index is 2.31. The van der Waals surface area contributed by atoms with Gasteiger partial charge in [-0.1, -0.05) is 0 Å². The standard InChI is InChI=1S/C6H8NO3/c1-4(8)7-2-5(3-7)6(9)10/h5H,1-3H2,(H,9,10). The summed E-state index contributed by atoms with van der Waals surface area (Å²) in [6, 6.07) is 0. The number of aliphatic carboxylic acids is 1. The molecule has 0 bridgehead atoms. The zero-order valence-electron chi connectivity index (χ0n) is 5.41. The van der Waals surface area contributed by atoms with E-state index < -0.39 is 5.97 Å². The third-order valence-electron chi connectivity index (χ3n) is 1.58. The zero-order valence-corrected chi connectivity index (χ0v) is 5.41. The van der Waals surface area contributed by atoms with Gasteiger partial charge in [0.15, 0.2) is 0 Å². The van der Waals surface area contributed by atoms with E-state index in [9.17, 15) is 9.59 Å². The molecule has 0 aromatic heterocycles. The van der Waals surface area contributed by atoms with E-state index in [1.165, 1.54) is 4.90 Å². The Bertz CT molecular complexity index is 154. The van der Waals surface area contributed by atoms with E-state index in [2.05, 4.69) is 6.92 Å². The minimum Gasteiger partial charge on any atom is -0.481 e. The Labute approximate surface area is 58.4 Å². The summed E-state index contributed by atoms with van der Waals surface area (Å²) in [5.74, 6) is -1.50. The summed E-state index contributed by atoms with van der Waals surface area (Å²) >= 11 is 0. The highest BCUT2D eigenvalue weighted by atomic mass is 16.4. The van der Waals surface area contributed by atoms with Crippen LogP contribution in [0.2, 0.25) is 0 Å². The number of carboxylic acid groups (broad SMARTS) is 1. The molecule has 4 nitrogen and oxygen atoms in total. The van der Waals surface area contributed by atoms with Crippen molar-refractivity contribution in [2.45, 2.75) is 0 Å². The molecular formula is C6H8NO3. The summed E-state index contributed by atoms with van der Waals surface area (Å²) in [4.78, 5) is 22.0. The maximum absolute atomic E-state index is 10.4. The van der Waals surface area contributed by atoms with Crippen molar-refractivity contribution in [3.63, 3.8) is 0 Å². The molecule has 0 unspecified atom stereocenters. The van der Waals surface area contributed by atoms with Gasteiger partial charge in [-0.25, -0.2) is 0 Å². The minimum atomic E-state index is -0.836. The second kappa shape index (κ2) is 2.28. The van der Waals surface area contributed by atoms with Crippen molar-refractivity contribution in [3.8, 4) is 0 Å². The molecule has 1 aliphatic rings. The minimum absolute atomic E-state index is 0.294. The van der Waals surface area contributed by atoms with Crippen LogP contribution in [0, 0.1) is 12.8 Å². The first kappa shape index (κ1) is 7.05. The molecule has 10 heavy (non-hydrogen) atoms. The van der Waals surface area contributed by atoms with Crippen LogP contribution in [0.1, 0.15) is 0 Å². The van der Waals surface area contributed by atoms with Gasteiger partial charge in [0.05, 0.1) is 5.92 Å². The summed E-state index contributed by atoms with van der Waals surface area (Å²) in [6.45, 7) is 3.78. The molecule has 1 amide bonds. The Hall–Kier alpha value is -1.06. The van der Waals surface area contributed by atoms with Gasteiger partial charge in [-0.3, -0.25) is 9.59 Å². The van der Waals surface area contributed by atoms with Crippen LogP contribution in [0.25, 0.3) is 0 Å². The largest absolute Gasteiger partial charge is 0.481 e. The lowest BCUT2D eigenvalue weighted by atomic mass is 10.0. The van der Waals surface area contributed by atoms with Crippen LogP contribution in [0.15, 0.2) is 0 Å². The second-order valence-electron chi connectivity index (χ2n) is 2.33. The number of likely N-dealkylation sites (tertiary alicyclic amines) is 1. The van der Waals surface area contributed by atoms with Crippen LogP contribution in [-0.2, 0) is 9.59 Å². The lowest BCUT2D eigenvalue weighted by Crippen LogP contribution is -2.52. The number of hydrogen-bond acceptors (Lipinski definition) is 2. The van der Waals surface area contributed by atoms with E-state index in [0.717, 1.165) is 0 Å². The molecule has 55 valence electrons. The van der Waals surface area contributed by atoms with Gasteiger partial charge in [0.25, 0.3) is 0 Å². The predicted molar refractivity (Wildman–Crippen MR) is 33.1 cm³/mol. The topological polar surface area (TPSA) is 57.6 Å². The van der Waals surface area contributed by atoms with Crippen molar-refractivity contribution >= 4 is 11.9 Å². The fraction of sp³-hybridized carbons (Fsp3) is 0.500. The van der Waals surface area contributed by atoms with E-state index >= 15 is 0 Å². The summed E-state index contributed by atoms with van der Waals surface area (Å²) in [5, 5.41) is 8.37. The van der Waals surface area contributed by atoms with Gasteiger partial charge in [-0.2, -0.15) is 0 Å². The van der Waals surface area contributed by atoms with Crippen LogP contribution in [0.4, 0.5) is 0 Å². The van der Waals surface area contributed by atoms with E-state index in [-0.39, 0.29) is 11.8 Å². The molecule has 1 rings (SSSR count). The molecule has 0 spiro atoms. The van der Waals surface area contributed by atoms with Crippen molar-refractivity contribution in [1.82, 2.24) is 4.90 Å². The number of carbonyl (C=O) groups is 2. The zero-order chi connectivity index (χ0) is 7.72. The molecule has 4 heteroatoms. The fourth-order valence-corrected chi connectivity index (χ4v) is 0.838. The second-order valence-corrected chi connectivity index (χ2v) is 2.33. The van der Waals surface area contributed by atoms with E-state index in [1.54, 1.807) is 0 Å². The SMILES string of the molecule is [CH2]C(=O)N1CC(C(=O)O)C1. The number of amides is 1. The third kappa shape index (κ3) is 1.10. The van der Waals surface area contributed by atoms with Crippen LogP contribution < -0.4 is 0 Å². The maximum Gasteiger partial charge on any atom is 0.310 e. The van der Waals surface area contributed by atoms with E-state index in [4.69, 9.17) is 5.11 Å². The van der Waals surface area contributed by atoms with Gasteiger partial charge in [-0.15, -0.1) is 0 Å². The summed E-state index contributed by atoms with van der Waals surface area (Å²) in [7, 11) is 0. The average molecular weight is 142 g/mol. The van der Waals surface area contributed by atoms with E-state index in [1.807, 2.05) is 0 Å². The predicted octanol–water partition coefficient (Wildman–Crippen LogP) is -0.637. The molecule has 0 saturated carbocycles. The van der Waals surface area contributed by atoms with Crippen molar-refractivity contribution in [3.05, 3.63) is 6.92 Å². The van der Waals surface area contributed by atoms with Gasteiger partial charge in [0, 0.05) is 20.0 Å². The smallest absolute Gasteiger partial charge is 0.310 e. The lowest BCUT2D eigenvalue weighted by molar-refractivity contribution is -0.151. The number of carboxylic acids is 1. The van der Waals surface area contributed by atoms with E-state index in [0.29, 0.717) is 13.1 Å². The monoisotopic (exact) mass is 142 g/mol. The number of hydrogen-bond donors (Lipinski definition) is 1. The van der Waals surface area contributed by atoms with Gasteiger partial charge in [-0.05, 0) is 0 Å². The number of rotatable bonds is 1. The van der Waals surface area contributed by atoms with Gasteiger partial charge in [0.1, 0.15) is 0 Å². The van der Waals surface area contributed by atoms with Crippen LogP contribution in [0.3, 0.4) is 0 Å². The fourth-order valence-electron chi connectivity index (χ4n) is 0.838. The molecule has 0 aliphatic carbocycles. The highest BCUT2D eigenvalue weighted by molar-refractivity contribution is 5.83. The molecule has 1 saturated heterocycles. The Kier molecular flexibility index (Phi) is 1.61. The first-order chi connectivity index (χ1) is 4.61. The normalized spacial score (nSPS) is 18.3. The molecule has 1 heterocycles. The maximum atomic E-state index is 10.4. The van der Waals surface area contributed by atoms with Crippen LogP contribution in [-0.4, -0.2) is 35.0 Å². The first-order valence-corrected chi connectivity index (χ1v) is 2.95. The molecule has 0 aromatic rings. The molecule has 1 fully saturated rings. The Morgan fingerprint density at radius 3 is 2.30 bits per heavy atom. The van der Waals surface area contributed by atoms with Crippen molar-refractivity contribution in [1.29, 1.82) is 0 Å². The van der Waals surface area contributed by atoms with Gasteiger partial charge in [0.2, 0.25) is 5.91 Å². The van der Waals surface area contributed by atoms with Crippen molar-refractivity contribution in [2.24, 2.45) is 5.92 Å². The highest BCUT2D eigenvalue weighted by Crippen LogP contribution is 2.14. The molecular weight excluding hydrogens is 134 g/mol. The van der Waals surface area contributed by atoms with Crippen LogP contribution >= 0.6 is 0 Å². The summed E-state index contributed by atoms with van der Waals surface area (Å²) < 4.78 is 0. The first-order valence-electron chi connectivity index (χ1n) is 2.95. The molecule has 1 radical (unpaired) electrons. The lowest BCUT2D eigenvalue weighted by Gasteiger charge is -2.35. The molecule has 0 atom stereocenters. The van der Waals surface area contributed by atoms with Gasteiger partial charge < -0.3 is 10.0 Å². The number of nitrogens with zero attached hydrogens (tertiary/aromatic N) is 1. The quantitative estimate of drug-likeness (QED) is 0.530. The van der Waals surface area contributed by atoms with Crippen molar-refractivity contribution < 1.29 is 14.7 Å².